The molecule has 1 aromatic carbocycles. The van der Waals surface area contributed by atoms with Crippen LogP contribution in [0.4, 0.5) is 0 Å². The third kappa shape index (κ3) is 3.60. The second-order valence-electron chi connectivity index (χ2n) is 5.34. The van der Waals surface area contributed by atoms with Crippen LogP contribution < -0.4 is 0 Å². The summed E-state index contributed by atoms with van der Waals surface area (Å²) < 4.78 is 4.91. The van der Waals surface area contributed by atoms with Gasteiger partial charge in [0.2, 0.25) is 0 Å². The fourth-order valence-corrected chi connectivity index (χ4v) is 2.88. The summed E-state index contributed by atoms with van der Waals surface area (Å²) in [5.41, 5.74) is 2.27. The Morgan fingerprint density at radius 1 is 1.35 bits per heavy atom. The summed E-state index contributed by atoms with van der Waals surface area (Å²) in [7, 11) is 0. The minimum atomic E-state index is -0.410. The lowest BCUT2D eigenvalue weighted by atomic mass is 9.92. The molecule has 3 heteroatoms. The molecule has 0 aromatic heterocycles. The highest BCUT2D eigenvalue weighted by atomic mass is 16.5. The van der Waals surface area contributed by atoms with Crippen LogP contribution in [0.2, 0.25) is 0 Å². The number of rotatable bonds is 5. The van der Waals surface area contributed by atoms with Gasteiger partial charge in [0.25, 0.3) is 0 Å². The predicted molar refractivity (Wildman–Crippen MR) is 77.3 cm³/mol. The lowest BCUT2D eigenvalue weighted by molar-refractivity contribution is -0.143. The molecule has 20 heavy (non-hydrogen) atoms. The van der Waals surface area contributed by atoms with Crippen LogP contribution in [-0.2, 0) is 9.53 Å². The van der Waals surface area contributed by atoms with Gasteiger partial charge in [-0.3, -0.25) is 4.79 Å². The van der Waals surface area contributed by atoms with Crippen LogP contribution in [0.15, 0.2) is 24.3 Å². The van der Waals surface area contributed by atoms with Gasteiger partial charge in [-0.05, 0) is 36.8 Å². The zero-order chi connectivity index (χ0) is 14.4. The van der Waals surface area contributed by atoms with Crippen LogP contribution in [0.3, 0.4) is 0 Å². The second-order valence-corrected chi connectivity index (χ2v) is 5.34. The minimum absolute atomic E-state index is 0.132. The van der Waals surface area contributed by atoms with Gasteiger partial charge in [-0.15, -0.1) is 0 Å². The smallest absolute Gasteiger partial charge is 0.307 e. The molecule has 0 heterocycles. The fourth-order valence-electron chi connectivity index (χ4n) is 2.88. The van der Waals surface area contributed by atoms with Gasteiger partial charge in [-0.1, -0.05) is 37.1 Å². The van der Waals surface area contributed by atoms with E-state index in [2.05, 4.69) is 18.2 Å². The summed E-state index contributed by atoms with van der Waals surface area (Å²) in [5, 5.41) is 9.22. The molecular formula is C17H21NO2. The molecule has 1 aromatic rings. The van der Waals surface area contributed by atoms with E-state index in [1.54, 1.807) is 6.92 Å². The molecule has 0 bridgehead atoms. The maximum absolute atomic E-state index is 11.5. The molecule has 0 radical (unpaired) electrons. The summed E-state index contributed by atoms with van der Waals surface area (Å²) >= 11 is 0. The van der Waals surface area contributed by atoms with Crippen LogP contribution in [0.1, 0.15) is 62.0 Å². The first-order chi connectivity index (χ1) is 9.74. The predicted octanol–water partition coefficient (Wildman–Crippen LogP) is 3.90. The molecule has 0 aliphatic heterocycles. The van der Waals surface area contributed by atoms with Crippen molar-refractivity contribution in [2.45, 2.75) is 50.9 Å². The highest BCUT2D eigenvalue weighted by Crippen LogP contribution is 2.34. The molecule has 1 fully saturated rings. The zero-order valence-electron chi connectivity index (χ0n) is 12.0. The third-order valence-corrected chi connectivity index (χ3v) is 4.00. The van der Waals surface area contributed by atoms with Crippen molar-refractivity contribution in [1.29, 1.82) is 5.26 Å². The monoisotopic (exact) mass is 271 g/mol. The molecule has 0 saturated heterocycles. The van der Waals surface area contributed by atoms with E-state index in [4.69, 9.17) is 4.74 Å². The van der Waals surface area contributed by atoms with Crippen molar-refractivity contribution in [3.8, 4) is 6.07 Å². The number of ether oxygens (including phenoxy) is 1. The molecule has 1 aliphatic carbocycles. The van der Waals surface area contributed by atoms with Gasteiger partial charge in [0.1, 0.15) is 0 Å². The summed E-state index contributed by atoms with van der Waals surface area (Å²) in [5.74, 6) is -0.0414. The molecule has 2 rings (SSSR count). The first-order valence-electron chi connectivity index (χ1n) is 7.39. The molecular weight excluding hydrogens is 250 g/mol. The lowest BCUT2D eigenvalue weighted by Gasteiger charge is -2.12. The van der Waals surface area contributed by atoms with Crippen LogP contribution in [0.5, 0.6) is 0 Å². The van der Waals surface area contributed by atoms with Gasteiger partial charge < -0.3 is 4.74 Å². The quantitative estimate of drug-likeness (QED) is 0.763. The van der Waals surface area contributed by atoms with E-state index in [-0.39, 0.29) is 12.4 Å². The summed E-state index contributed by atoms with van der Waals surface area (Å²) in [4.78, 5) is 11.5. The van der Waals surface area contributed by atoms with Crippen molar-refractivity contribution in [3.05, 3.63) is 35.4 Å². The van der Waals surface area contributed by atoms with Crippen molar-refractivity contribution >= 4 is 5.97 Å². The zero-order valence-corrected chi connectivity index (χ0v) is 12.0. The topological polar surface area (TPSA) is 50.1 Å². The minimum Gasteiger partial charge on any atom is -0.466 e. The number of nitrogens with zero attached hydrogens (tertiary/aromatic N) is 1. The summed E-state index contributed by atoms with van der Waals surface area (Å²) in [6, 6.07) is 10.4. The molecule has 1 saturated carbocycles. The maximum Gasteiger partial charge on any atom is 0.307 e. The Morgan fingerprint density at radius 2 is 2.00 bits per heavy atom. The van der Waals surface area contributed by atoms with E-state index in [1.165, 1.54) is 31.2 Å². The average molecular weight is 271 g/mol. The molecule has 1 aliphatic rings. The number of hydrogen-bond donors (Lipinski definition) is 0. The third-order valence-electron chi connectivity index (χ3n) is 4.00. The number of nitriles is 1. The van der Waals surface area contributed by atoms with Crippen molar-refractivity contribution in [1.82, 2.24) is 0 Å². The van der Waals surface area contributed by atoms with Gasteiger partial charge in [0.05, 0.1) is 25.0 Å². The largest absolute Gasteiger partial charge is 0.466 e. The van der Waals surface area contributed by atoms with E-state index in [0.717, 1.165) is 5.56 Å². The Morgan fingerprint density at radius 3 is 2.55 bits per heavy atom. The normalized spacial score (nSPS) is 16.6. The molecule has 106 valence electrons. The Labute approximate surface area is 120 Å². The first-order valence-corrected chi connectivity index (χ1v) is 7.39. The van der Waals surface area contributed by atoms with E-state index in [0.29, 0.717) is 12.5 Å². The second kappa shape index (κ2) is 7.09. The number of carbonyl (C=O) groups excluding carboxylic acids is 1. The number of carbonyl (C=O) groups is 1. The molecule has 3 nitrogen and oxygen atoms in total. The number of hydrogen-bond acceptors (Lipinski definition) is 3. The van der Waals surface area contributed by atoms with E-state index in [1.807, 2.05) is 12.1 Å². The van der Waals surface area contributed by atoms with Crippen LogP contribution >= 0.6 is 0 Å². The number of esters is 1. The standard InChI is InChI=1S/C17H21NO2/c1-2-20-17(19)11-16(12-18)15-9-7-14(8-10-15)13-5-3-4-6-13/h7-10,13,16H,2-6,11H2,1H3/t16-/m0/s1. The Hall–Kier alpha value is -1.82. The molecule has 1 atom stereocenters. The first kappa shape index (κ1) is 14.6. The van der Waals surface area contributed by atoms with Crippen molar-refractivity contribution in [3.63, 3.8) is 0 Å². The summed E-state index contributed by atoms with van der Waals surface area (Å²) in [6.07, 6.45) is 5.30. The van der Waals surface area contributed by atoms with Crippen LogP contribution in [-0.4, -0.2) is 12.6 Å². The van der Waals surface area contributed by atoms with E-state index in [9.17, 15) is 10.1 Å². The van der Waals surface area contributed by atoms with Gasteiger partial charge in [0.15, 0.2) is 0 Å². The summed E-state index contributed by atoms with van der Waals surface area (Å²) in [6.45, 7) is 2.13. The van der Waals surface area contributed by atoms with Crippen LogP contribution in [0.25, 0.3) is 0 Å². The van der Waals surface area contributed by atoms with Crippen molar-refractivity contribution in [2.24, 2.45) is 0 Å². The van der Waals surface area contributed by atoms with Crippen LogP contribution in [0, 0.1) is 11.3 Å². The Bertz CT molecular complexity index is 481. The van der Waals surface area contributed by atoms with Crippen molar-refractivity contribution in [2.75, 3.05) is 6.61 Å². The molecule has 0 unspecified atom stereocenters. The van der Waals surface area contributed by atoms with Crippen molar-refractivity contribution < 1.29 is 9.53 Å². The molecule has 0 amide bonds. The maximum atomic E-state index is 11.5. The van der Waals surface area contributed by atoms with Gasteiger partial charge in [-0.2, -0.15) is 5.26 Å². The van der Waals surface area contributed by atoms with E-state index < -0.39 is 5.92 Å². The fraction of sp³-hybridized carbons (Fsp3) is 0.529. The molecule has 0 spiro atoms. The van der Waals surface area contributed by atoms with E-state index >= 15 is 0 Å². The Balaban J connectivity index is 2.03. The van der Waals surface area contributed by atoms with Gasteiger partial charge in [-0.25, -0.2) is 0 Å². The highest BCUT2D eigenvalue weighted by molar-refractivity contribution is 5.71. The lowest BCUT2D eigenvalue weighted by Crippen LogP contribution is -2.09. The number of benzene rings is 1. The average Bonchev–Trinajstić information content (AvgIpc) is 2.99. The van der Waals surface area contributed by atoms with Gasteiger partial charge >= 0.3 is 5.97 Å². The highest BCUT2D eigenvalue weighted by Gasteiger charge is 2.19. The SMILES string of the molecule is CCOC(=O)C[C@@H](C#N)c1ccc(C2CCCC2)cc1. The molecule has 0 N–H and O–H groups in total. The van der Waals surface area contributed by atoms with Gasteiger partial charge in [0, 0.05) is 0 Å². The Kier molecular flexibility index (Phi) is 5.17.